The van der Waals surface area contributed by atoms with E-state index in [4.69, 9.17) is 0 Å². The van der Waals surface area contributed by atoms with Crippen LogP contribution in [0.25, 0.3) is 0 Å². The Bertz CT molecular complexity index is 626. The number of aliphatic hydroxyl groups is 1. The maximum absolute atomic E-state index is 14.2. The predicted octanol–water partition coefficient (Wildman–Crippen LogP) is 2.66. The fraction of sp³-hybridized carbons (Fsp3) is 0.529. The van der Waals surface area contributed by atoms with Gasteiger partial charge in [-0.1, -0.05) is 12.1 Å². The highest BCUT2D eigenvalue weighted by Gasteiger charge is 2.61. The van der Waals surface area contributed by atoms with Gasteiger partial charge in [0.15, 0.2) is 0 Å². The molecule has 1 aromatic carbocycles. The molecule has 1 aliphatic carbocycles. The van der Waals surface area contributed by atoms with Gasteiger partial charge in [-0.15, -0.1) is 0 Å². The quantitative estimate of drug-likeness (QED) is 0.836. The van der Waals surface area contributed by atoms with Crippen molar-refractivity contribution in [2.75, 3.05) is 18.4 Å². The van der Waals surface area contributed by atoms with Crippen molar-refractivity contribution in [1.29, 1.82) is 0 Å². The molecule has 2 N–H and O–H groups in total. The van der Waals surface area contributed by atoms with E-state index in [1.165, 1.54) is 17.0 Å². The van der Waals surface area contributed by atoms with Gasteiger partial charge in [-0.3, -0.25) is 9.59 Å². The number of alkyl halides is 2. The molecule has 7 heteroatoms. The summed E-state index contributed by atoms with van der Waals surface area (Å²) >= 11 is 0. The fourth-order valence-corrected chi connectivity index (χ4v) is 2.70. The van der Waals surface area contributed by atoms with Gasteiger partial charge in [0.1, 0.15) is 5.60 Å². The maximum atomic E-state index is 14.2. The third kappa shape index (κ3) is 3.13. The first kappa shape index (κ1) is 18.3. The van der Waals surface area contributed by atoms with E-state index in [2.05, 4.69) is 5.32 Å². The predicted molar refractivity (Wildman–Crippen MR) is 86.1 cm³/mol. The monoisotopic (exact) mass is 340 g/mol. The minimum Gasteiger partial charge on any atom is -0.383 e. The summed E-state index contributed by atoms with van der Waals surface area (Å²) < 4.78 is 28.4. The third-order valence-electron chi connectivity index (χ3n) is 4.51. The molecule has 0 heterocycles. The van der Waals surface area contributed by atoms with Crippen molar-refractivity contribution in [3.63, 3.8) is 0 Å². The zero-order valence-electron chi connectivity index (χ0n) is 13.8. The Morgan fingerprint density at radius 1 is 1.25 bits per heavy atom. The van der Waals surface area contributed by atoms with Gasteiger partial charge in [0.2, 0.25) is 0 Å². The molecule has 24 heavy (non-hydrogen) atoms. The molecular formula is C17H22F2N2O3. The van der Waals surface area contributed by atoms with E-state index in [-0.39, 0.29) is 30.0 Å². The number of rotatable bonds is 6. The van der Waals surface area contributed by atoms with Crippen LogP contribution in [0.1, 0.15) is 43.5 Å². The minimum atomic E-state index is -3.91. The van der Waals surface area contributed by atoms with Crippen LogP contribution in [0.2, 0.25) is 0 Å². The van der Waals surface area contributed by atoms with Crippen LogP contribution in [0.4, 0.5) is 14.5 Å². The Balaban J connectivity index is 2.24. The Morgan fingerprint density at radius 2 is 1.83 bits per heavy atom. The highest BCUT2D eigenvalue weighted by Crippen LogP contribution is 2.44. The summed E-state index contributed by atoms with van der Waals surface area (Å²) in [6.07, 6.45) is 0.220. The molecule has 2 rings (SSSR count). The van der Waals surface area contributed by atoms with Gasteiger partial charge in [0.05, 0.1) is 11.3 Å². The number of benzene rings is 1. The summed E-state index contributed by atoms with van der Waals surface area (Å²) in [4.78, 5) is 26.0. The number of para-hydroxylation sites is 1. The first-order chi connectivity index (χ1) is 11.3. The van der Waals surface area contributed by atoms with Crippen LogP contribution in [-0.2, 0) is 4.79 Å². The van der Waals surface area contributed by atoms with Crippen LogP contribution in [0.5, 0.6) is 0 Å². The molecule has 0 spiro atoms. The zero-order chi connectivity index (χ0) is 18.0. The summed E-state index contributed by atoms with van der Waals surface area (Å²) in [6, 6.07) is 6.02. The number of hydrogen-bond acceptors (Lipinski definition) is 3. The lowest BCUT2D eigenvalue weighted by atomic mass is 9.75. The van der Waals surface area contributed by atoms with Gasteiger partial charge in [0, 0.05) is 13.1 Å². The molecule has 0 unspecified atom stereocenters. The van der Waals surface area contributed by atoms with E-state index in [1.54, 1.807) is 12.1 Å². The van der Waals surface area contributed by atoms with Crippen LogP contribution < -0.4 is 5.32 Å². The summed E-state index contributed by atoms with van der Waals surface area (Å²) in [5.41, 5.74) is -2.14. The van der Waals surface area contributed by atoms with Crippen molar-refractivity contribution in [2.24, 2.45) is 0 Å². The van der Waals surface area contributed by atoms with Crippen molar-refractivity contribution in [3.8, 4) is 0 Å². The molecule has 1 aromatic rings. The number of nitrogens with zero attached hydrogens (tertiary/aromatic N) is 1. The Kier molecular flexibility index (Phi) is 5.22. The fourth-order valence-electron chi connectivity index (χ4n) is 2.70. The number of halogens is 2. The second kappa shape index (κ2) is 6.84. The van der Waals surface area contributed by atoms with Crippen molar-refractivity contribution < 1.29 is 23.5 Å². The summed E-state index contributed by atoms with van der Waals surface area (Å²) in [5, 5.41) is 12.0. The van der Waals surface area contributed by atoms with Crippen LogP contribution in [0, 0.1) is 0 Å². The number of carbonyl (C=O) groups is 2. The molecule has 0 aromatic heterocycles. The van der Waals surface area contributed by atoms with Gasteiger partial charge in [-0.2, -0.15) is 8.78 Å². The lowest BCUT2D eigenvalue weighted by molar-refractivity contribution is -0.212. The molecule has 0 aliphatic heterocycles. The summed E-state index contributed by atoms with van der Waals surface area (Å²) in [6.45, 7) is 4.55. The Labute approximate surface area is 139 Å². The largest absolute Gasteiger partial charge is 0.383 e. The number of hydrogen-bond donors (Lipinski definition) is 2. The van der Waals surface area contributed by atoms with Crippen molar-refractivity contribution in [2.45, 2.75) is 44.6 Å². The Morgan fingerprint density at radius 3 is 2.33 bits per heavy atom. The number of carbonyl (C=O) groups excluding carboxylic acids is 2. The third-order valence-corrected chi connectivity index (χ3v) is 4.51. The molecule has 5 nitrogen and oxygen atoms in total. The smallest absolute Gasteiger partial charge is 0.352 e. The lowest BCUT2D eigenvalue weighted by Crippen LogP contribution is -2.59. The standard InChI is InChI=1S/C17H22F2N2O3/c1-3-21(4-2)14(22)12-8-5-6-9-13(12)20-15(23)17(18,19)16(24)10-7-11-16/h5-6,8-9,24H,3-4,7,10-11H2,1-2H3,(H,20,23). The average molecular weight is 340 g/mol. The van der Waals surface area contributed by atoms with Gasteiger partial charge in [-0.05, 0) is 45.2 Å². The summed E-state index contributed by atoms with van der Waals surface area (Å²) in [7, 11) is 0. The average Bonchev–Trinajstić information content (AvgIpc) is 2.53. The molecule has 1 aliphatic rings. The number of nitrogens with one attached hydrogen (secondary N) is 1. The summed E-state index contributed by atoms with van der Waals surface area (Å²) in [5.74, 6) is -5.84. The first-order valence-electron chi connectivity index (χ1n) is 8.06. The van der Waals surface area contributed by atoms with Crippen LogP contribution in [0.3, 0.4) is 0 Å². The highest BCUT2D eigenvalue weighted by atomic mass is 19.3. The first-order valence-corrected chi connectivity index (χ1v) is 8.06. The van der Waals surface area contributed by atoms with E-state index in [0.717, 1.165) is 0 Å². The number of amides is 2. The second-order valence-corrected chi connectivity index (χ2v) is 5.94. The molecule has 0 radical (unpaired) electrons. The normalized spacial score (nSPS) is 16.2. The molecular weight excluding hydrogens is 318 g/mol. The molecule has 132 valence electrons. The molecule has 2 amide bonds. The van der Waals surface area contributed by atoms with Gasteiger partial charge < -0.3 is 15.3 Å². The van der Waals surface area contributed by atoms with E-state index >= 15 is 0 Å². The molecule has 0 atom stereocenters. The van der Waals surface area contributed by atoms with E-state index < -0.39 is 17.4 Å². The molecule has 0 saturated heterocycles. The van der Waals surface area contributed by atoms with Crippen LogP contribution in [-0.4, -0.2) is 46.4 Å². The lowest BCUT2D eigenvalue weighted by Gasteiger charge is -2.41. The van der Waals surface area contributed by atoms with E-state index in [1.807, 2.05) is 13.8 Å². The molecule has 0 bridgehead atoms. The minimum absolute atomic E-state index is 0.0157. The van der Waals surface area contributed by atoms with Gasteiger partial charge >= 0.3 is 5.92 Å². The number of anilines is 1. The van der Waals surface area contributed by atoms with Crippen molar-refractivity contribution in [3.05, 3.63) is 29.8 Å². The highest BCUT2D eigenvalue weighted by molar-refractivity contribution is 6.05. The Hall–Kier alpha value is -2.02. The maximum Gasteiger partial charge on any atom is 0.352 e. The second-order valence-electron chi connectivity index (χ2n) is 5.94. The van der Waals surface area contributed by atoms with Crippen molar-refractivity contribution in [1.82, 2.24) is 4.90 Å². The van der Waals surface area contributed by atoms with E-state index in [9.17, 15) is 23.5 Å². The zero-order valence-corrected chi connectivity index (χ0v) is 13.8. The van der Waals surface area contributed by atoms with Crippen LogP contribution >= 0.6 is 0 Å². The SMILES string of the molecule is CCN(CC)C(=O)c1ccccc1NC(=O)C(F)(F)C1(O)CCC1. The van der Waals surface area contributed by atoms with E-state index in [0.29, 0.717) is 19.5 Å². The van der Waals surface area contributed by atoms with Crippen LogP contribution in [0.15, 0.2) is 24.3 Å². The van der Waals surface area contributed by atoms with Gasteiger partial charge in [-0.25, -0.2) is 0 Å². The van der Waals surface area contributed by atoms with Gasteiger partial charge in [0.25, 0.3) is 11.8 Å². The van der Waals surface area contributed by atoms with Crippen molar-refractivity contribution >= 4 is 17.5 Å². The molecule has 1 fully saturated rings. The topological polar surface area (TPSA) is 69.6 Å². The molecule has 1 saturated carbocycles.